The molecule has 0 aromatic heterocycles. The van der Waals surface area contributed by atoms with Crippen LogP contribution in [0.3, 0.4) is 0 Å². The Labute approximate surface area is 127 Å². The lowest BCUT2D eigenvalue weighted by molar-refractivity contribution is 0.315. The molecule has 2 fully saturated rings. The molecule has 20 heavy (non-hydrogen) atoms. The highest BCUT2D eigenvalue weighted by Crippen LogP contribution is 2.22. The van der Waals surface area contributed by atoms with Crippen molar-refractivity contribution >= 4 is 11.8 Å². The maximum Gasteiger partial charge on any atom is 0.0234 e. The van der Waals surface area contributed by atoms with Gasteiger partial charge >= 0.3 is 0 Å². The van der Waals surface area contributed by atoms with Gasteiger partial charge in [0, 0.05) is 25.7 Å². The van der Waals surface area contributed by atoms with Gasteiger partial charge in [0.1, 0.15) is 0 Å². The lowest BCUT2D eigenvalue weighted by Gasteiger charge is -2.24. The van der Waals surface area contributed by atoms with Gasteiger partial charge in [-0.1, -0.05) is 30.3 Å². The highest BCUT2D eigenvalue weighted by molar-refractivity contribution is 7.99. The van der Waals surface area contributed by atoms with Gasteiger partial charge in [-0.2, -0.15) is 11.8 Å². The van der Waals surface area contributed by atoms with Crippen molar-refractivity contribution in [3.63, 3.8) is 0 Å². The maximum atomic E-state index is 3.82. The minimum absolute atomic E-state index is 0.716. The number of benzene rings is 1. The first-order chi connectivity index (χ1) is 9.90. The fourth-order valence-electron chi connectivity index (χ4n) is 3.27. The molecule has 0 bridgehead atoms. The van der Waals surface area contributed by atoms with Crippen LogP contribution in [-0.4, -0.2) is 42.1 Å². The van der Waals surface area contributed by atoms with Crippen LogP contribution >= 0.6 is 11.8 Å². The van der Waals surface area contributed by atoms with Crippen LogP contribution in [0.25, 0.3) is 0 Å². The summed E-state index contributed by atoms with van der Waals surface area (Å²) < 4.78 is 0. The third-order valence-corrected chi connectivity index (χ3v) is 5.61. The first kappa shape index (κ1) is 14.4. The van der Waals surface area contributed by atoms with Crippen molar-refractivity contribution in [1.82, 2.24) is 10.2 Å². The van der Waals surface area contributed by atoms with Crippen LogP contribution in [-0.2, 0) is 6.54 Å². The van der Waals surface area contributed by atoms with Gasteiger partial charge in [-0.05, 0) is 48.8 Å². The van der Waals surface area contributed by atoms with Crippen LogP contribution in [0.2, 0.25) is 0 Å². The third-order valence-electron chi connectivity index (χ3n) is 4.56. The van der Waals surface area contributed by atoms with E-state index < -0.39 is 0 Å². The predicted molar refractivity (Wildman–Crippen MR) is 88.2 cm³/mol. The molecule has 0 amide bonds. The quantitative estimate of drug-likeness (QED) is 0.897. The first-order valence-electron chi connectivity index (χ1n) is 7.97. The fourth-order valence-corrected chi connectivity index (χ4v) is 4.47. The molecule has 0 radical (unpaired) electrons. The summed E-state index contributed by atoms with van der Waals surface area (Å²) in [6.45, 7) is 4.81. The average molecular weight is 290 g/mol. The Balaban J connectivity index is 1.38. The van der Waals surface area contributed by atoms with E-state index in [1.807, 2.05) is 0 Å². The van der Waals surface area contributed by atoms with Gasteiger partial charge in [0.25, 0.3) is 0 Å². The largest absolute Gasteiger partial charge is 0.312 e. The van der Waals surface area contributed by atoms with Crippen molar-refractivity contribution in [2.24, 2.45) is 5.92 Å². The van der Waals surface area contributed by atoms with Crippen molar-refractivity contribution in [2.75, 3.05) is 31.1 Å². The average Bonchev–Trinajstić information content (AvgIpc) is 2.95. The summed E-state index contributed by atoms with van der Waals surface area (Å²) in [5.41, 5.74) is 1.44. The number of hydrogen-bond donors (Lipinski definition) is 1. The minimum Gasteiger partial charge on any atom is -0.312 e. The van der Waals surface area contributed by atoms with Gasteiger partial charge in [-0.25, -0.2) is 0 Å². The second kappa shape index (κ2) is 7.48. The third kappa shape index (κ3) is 4.24. The molecule has 1 aromatic carbocycles. The molecule has 2 nitrogen and oxygen atoms in total. The summed E-state index contributed by atoms with van der Waals surface area (Å²) in [5.74, 6) is 3.67. The molecule has 0 spiro atoms. The first-order valence-corrected chi connectivity index (χ1v) is 9.13. The molecule has 2 saturated heterocycles. The molecule has 3 rings (SSSR count). The molecule has 1 aromatic rings. The lowest BCUT2D eigenvalue weighted by Crippen LogP contribution is -2.36. The summed E-state index contributed by atoms with van der Waals surface area (Å²) in [5, 5.41) is 3.82. The Morgan fingerprint density at radius 2 is 1.90 bits per heavy atom. The zero-order chi connectivity index (χ0) is 13.6. The SMILES string of the molecule is c1ccc(CN2CCC(NCC3CCSCC3)C2)cc1. The Morgan fingerprint density at radius 3 is 2.70 bits per heavy atom. The van der Waals surface area contributed by atoms with Crippen molar-refractivity contribution in [2.45, 2.75) is 31.8 Å². The fraction of sp³-hybridized carbons (Fsp3) is 0.647. The molecular weight excluding hydrogens is 264 g/mol. The van der Waals surface area contributed by atoms with Crippen LogP contribution in [0.4, 0.5) is 0 Å². The van der Waals surface area contributed by atoms with Crippen LogP contribution in [0.1, 0.15) is 24.8 Å². The van der Waals surface area contributed by atoms with Gasteiger partial charge in [0.15, 0.2) is 0 Å². The molecule has 3 heteroatoms. The van der Waals surface area contributed by atoms with E-state index in [0.717, 1.165) is 12.5 Å². The zero-order valence-electron chi connectivity index (χ0n) is 12.3. The second-order valence-electron chi connectivity index (χ2n) is 6.17. The molecule has 2 aliphatic rings. The number of thioether (sulfide) groups is 1. The summed E-state index contributed by atoms with van der Waals surface area (Å²) in [7, 11) is 0. The highest BCUT2D eigenvalue weighted by Gasteiger charge is 2.23. The maximum absolute atomic E-state index is 3.82. The van der Waals surface area contributed by atoms with Crippen LogP contribution in [0.15, 0.2) is 30.3 Å². The summed E-state index contributed by atoms with van der Waals surface area (Å²) in [4.78, 5) is 2.59. The molecule has 1 N–H and O–H groups in total. The standard InChI is InChI=1S/C17H26N2S/c1-2-4-16(5-3-1)13-19-9-6-17(14-19)18-12-15-7-10-20-11-8-15/h1-5,15,17-18H,6-14H2. The normalized spacial score (nSPS) is 25.1. The van der Waals surface area contributed by atoms with E-state index in [9.17, 15) is 0 Å². The molecule has 1 atom stereocenters. The Kier molecular flexibility index (Phi) is 5.40. The predicted octanol–water partition coefficient (Wildman–Crippen LogP) is 2.99. The number of likely N-dealkylation sites (tertiary alicyclic amines) is 1. The monoisotopic (exact) mass is 290 g/mol. The van der Waals surface area contributed by atoms with Gasteiger partial charge in [-0.3, -0.25) is 4.90 Å². The molecule has 110 valence electrons. The van der Waals surface area contributed by atoms with E-state index in [4.69, 9.17) is 0 Å². The van der Waals surface area contributed by atoms with E-state index >= 15 is 0 Å². The molecule has 1 unspecified atom stereocenters. The molecule has 0 saturated carbocycles. The van der Waals surface area contributed by atoms with Crippen LogP contribution in [0.5, 0.6) is 0 Å². The summed E-state index contributed by atoms with van der Waals surface area (Å²) in [6, 6.07) is 11.6. The Bertz CT molecular complexity index is 389. The molecule has 0 aliphatic carbocycles. The number of nitrogens with zero attached hydrogens (tertiary/aromatic N) is 1. The lowest BCUT2D eigenvalue weighted by atomic mass is 10.0. The summed E-state index contributed by atoms with van der Waals surface area (Å²) in [6.07, 6.45) is 4.14. The van der Waals surface area contributed by atoms with Crippen molar-refractivity contribution in [1.29, 1.82) is 0 Å². The van der Waals surface area contributed by atoms with E-state index in [2.05, 4.69) is 52.3 Å². The van der Waals surface area contributed by atoms with Crippen LogP contribution in [0, 0.1) is 5.92 Å². The second-order valence-corrected chi connectivity index (χ2v) is 7.40. The van der Waals surface area contributed by atoms with E-state index in [0.29, 0.717) is 6.04 Å². The number of rotatable bonds is 5. The van der Waals surface area contributed by atoms with Gasteiger partial charge < -0.3 is 5.32 Å². The molecule has 2 aliphatic heterocycles. The Morgan fingerprint density at radius 1 is 1.10 bits per heavy atom. The zero-order valence-corrected chi connectivity index (χ0v) is 13.1. The molecule has 2 heterocycles. The van der Waals surface area contributed by atoms with Crippen molar-refractivity contribution in [3.05, 3.63) is 35.9 Å². The van der Waals surface area contributed by atoms with Crippen LogP contribution < -0.4 is 5.32 Å². The summed E-state index contributed by atoms with van der Waals surface area (Å²) >= 11 is 2.12. The van der Waals surface area contributed by atoms with Gasteiger partial charge in [-0.15, -0.1) is 0 Å². The number of hydrogen-bond acceptors (Lipinski definition) is 3. The van der Waals surface area contributed by atoms with E-state index in [-0.39, 0.29) is 0 Å². The topological polar surface area (TPSA) is 15.3 Å². The molecular formula is C17H26N2S. The van der Waals surface area contributed by atoms with Crippen molar-refractivity contribution in [3.8, 4) is 0 Å². The van der Waals surface area contributed by atoms with E-state index in [1.54, 1.807) is 0 Å². The van der Waals surface area contributed by atoms with Crippen molar-refractivity contribution < 1.29 is 0 Å². The van der Waals surface area contributed by atoms with E-state index in [1.165, 1.54) is 56.0 Å². The number of nitrogens with one attached hydrogen (secondary N) is 1. The minimum atomic E-state index is 0.716. The van der Waals surface area contributed by atoms with Gasteiger partial charge in [0.2, 0.25) is 0 Å². The smallest absolute Gasteiger partial charge is 0.0234 e. The Hall–Kier alpha value is -0.510. The van der Waals surface area contributed by atoms with Gasteiger partial charge in [0.05, 0.1) is 0 Å². The highest BCUT2D eigenvalue weighted by atomic mass is 32.2.